The molecule has 0 saturated heterocycles. The average Bonchev–Trinajstić information content (AvgIpc) is 2.90. The Morgan fingerprint density at radius 2 is 1.86 bits per heavy atom. The third-order valence-electron chi connectivity index (χ3n) is 3.35. The van der Waals surface area contributed by atoms with Crippen LogP contribution < -0.4 is 4.90 Å². The number of hydrogen-bond acceptors (Lipinski definition) is 4. The number of anilines is 1. The van der Waals surface area contributed by atoms with Gasteiger partial charge in [0.1, 0.15) is 5.82 Å². The van der Waals surface area contributed by atoms with E-state index in [2.05, 4.69) is 9.97 Å². The van der Waals surface area contributed by atoms with E-state index in [0.717, 1.165) is 11.3 Å². The lowest BCUT2D eigenvalue weighted by atomic mass is 10.2. The van der Waals surface area contributed by atoms with Gasteiger partial charge in [0.15, 0.2) is 5.52 Å². The number of nitrogens with zero attached hydrogens (tertiary/aromatic N) is 3. The van der Waals surface area contributed by atoms with E-state index in [-0.39, 0.29) is 5.69 Å². The van der Waals surface area contributed by atoms with Crippen molar-refractivity contribution in [2.24, 2.45) is 0 Å². The highest BCUT2D eigenvalue weighted by molar-refractivity contribution is 5.87. The Morgan fingerprint density at radius 1 is 1.14 bits per heavy atom. The van der Waals surface area contributed by atoms with Crippen LogP contribution in [0.1, 0.15) is 0 Å². The molecule has 1 N–H and O–H groups in total. The first kappa shape index (κ1) is 13.1. The quantitative estimate of drug-likeness (QED) is 0.591. The Hall–Kier alpha value is -2.89. The first-order valence-corrected chi connectivity index (χ1v) is 6.47. The van der Waals surface area contributed by atoms with Gasteiger partial charge in [-0.15, -0.1) is 0 Å². The van der Waals surface area contributed by atoms with E-state index in [1.807, 2.05) is 43.3 Å². The van der Waals surface area contributed by atoms with Crippen LogP contribution >= 0.6 is 0 Å². The first-order valence-electron chi connectivity index (χ1n) is 6.47. The molecule has 0 aliphatic carbocycles. The van der Waals surface area contributed by atoms with Crippen molar-refractivity contribution in [1.82, 2.24) is 9.97 Å². The van der Waals surface area contributed by atoms with E-state index in [1.54, 1.807) is 12.1 Å². The van der Waals surface area contributed by atoms with Crippen molar-refractivity contribution in [1.29, 1.82) is 0 Å². The molecule has 0 saturated carbocycles. The van der Waals surface area contributed by atoms with Crippen LogP contribution in [0.25, 0.3) is 22.4 Å². The van der Waals surface area contributed by atoms with Crippen LogP contribution in [-0.4, -0.2) is 29.0 Å². The number of imidazole rings is 1. The third kappa shape index (κ3) is 2.31. The number of rotatable bonds is 3. The van der Waals surface area contributed by atoms with Gasteiger partial charge in [-0.25, -0.2) is 4.98 Å². The summed E-state index contributed by atoms with van der Waals surface area (Å²) < 4.78 is 0. The Morgan fingerprint density at radius 3 is 2.48 bits per heavy atom. The third-order valence-corrected chi connectivity index (χ3v) is 3.35. The number of nitro benzene ring substituents is 1. The van der Waals surface area contributed by atoms with Gasteiger partial charge in [0.2, 0.25) is 0 Å². The van der Waals surface area contributed by atoms with Gasteiger partial charge in [-0.2, -0.15) is 0 Å². The Labute approximate surface area is 121 Å². The standard InChI is InChI=1S/C15H14N4O2/c1-18(2)11-8-6-10(7-9-11)15-16-12-4-3-5-13(19(20)21)14(12)17-15/h3-9H,1-2H3,(H,16,17). The minimum absolute atomic E-state index is 0.0138. The Kier molecular flexibility index (Phi) is 3.06. The molecule has 2 aromatic carbocycles. The van der Waals surface area contributed by atoms with Gasteiger partial charge >= 0.3 is 0 Å². The van der Waals surface area contributed by atoms with E-state index < -0.39 is 4.92 Å². The van der Waals surface area contributed by atoms with Crippen LogP contribution in [0.2, 0.25) is 0 Å². The highest BCUT2D eigenvalue weighted by Gasteiger charge is 2.16. The second kappa shape index (κ2) is 4.90. The monoisotopic (exact) mass is 282 g/mol. The van der Waals surface area contributed by atoms with Crippen molar-refractivity contribution in [2.45, 2.75) is 0 Å². The maximum absolute atomic E-state index is 11.0. The minimum atomic E-state index is -0.415. The highest BCUT2D eigenvalue weighted by atomic mass is 16.6. The molecule has 3 aromatic rings. The number of H-pyrrole nitrogens is 1. The molecule has 0 bridgehead atoms. The normalized spacial score (nSPS) is 10.8. The van der Waals surface area contributed by atoms with E-state index in [4.69, 9.17) is 0 Å². The number of para-hydroxylation sites is 1. The maximum atomic E-state index is 11.0. The molecule has 1 heterocycles. The zero-order chi connectivity index (χ0) is 15.0. The molecule has 0 unspecified atom stereocenters. The molecular weight excluding hydrogens is 268 g/mol. The second-order valence-electron chi connectivity index (χ2n) is 4.96. The summed E-state index contributed by atoms with van der Waals surface area (Å²) in [6.45, 7) is 0. The van der Waals surface area contributed by atoms with Crippen LogP contribution in [0.5, 0.6) is 0 Å². The van der Waals surface area contributed by atoms with Crippen LogP contribution in [0.4, 0.5) is 11.4 Å². The molecule has 0 amide bonds. The van der Waals surface area contributed by atoms with E-state index in [9.17, 15) is 10.1 Å². The van der Waals surface area contributed by atoms with Gasteiger partial charge in [-0.1, -0.05) is 6.07 Å². The van der Waals surface area contributed by atoms with Crippen molar-refractivity contribution < 1.29 is 4.92 Å². The zero-order valence-corrected chi connectivity index (χ0v) is 11.7. The summed E-state index contributed by atoms with van der Waals surface area (Å²) >= 11 is 0. The molecular formula is C15H14N4O2. The molecule has 6 nitrogen and oxygen atoms in total. The van der Waals surface area contributed by atoms with Gasteiger partial charge < -0.3 is 9.88 Å². The smallest absolute Gasteiger partial charge is 0.297 e. The van der Waals surface area contributed by atoms with Gasteiger partial charge in [0.05, 0.1) is 10.4 Å². The fourth-order valence-corrected chi connectivity index (χ4v) is 2.22. The number of fused-ring (bicyclic) bond motifs is 1. The number of aromatic amines is 1. The SMILES string of the molecule is CN(C)c1ccc(-c2nc3c([N+](=O)[O-])cccc3[nH]2)cc1. The lowest BCUT2D eigenvalue weighted by molar-refractivity contribution is -0.383. The number of hydrogen-bond donors (Lipinski definition) is 1. The summed E-state index contributed by atoms with van der Waals surface area (Å²) in [6, 6.07) is 12.7. The molecule has 0 aliphatic rings. The predicted molar refractivity (Wildman–Crippen MR) is 82.5 cm³/mol. The number of aromatic nitrogens is 2. The lowest BCUT2D eigenvalue weighted by Gasteiger charge is -2.11. The summed E-state index contributed by atoms with van der Waals surface area (Å²) in [6.07, 6.45) is 0. The van der Waals surface area contributed by atoms with Crippen molar-refractivity contribution in [3.8, 4) is 11.4 Å². The molecule has 0 aliphatic heterocycles. The largest absolute Gasteiger partial charge is 0.378 e. The minimum Gasteiger partial charge on any atom is -0.378 e. The number of nitrogens with one attached hydrogen (secondary N) is 1. The van der Waals surface area contributed by atoms with Gasteiger partial charge in [-0.3, -0.25) is 10.1 Å². The number of non-ortho nitro benzene ring substituents is 1. The molecule has 0 spiro atoms. The lowest BCUT2D eigenvalue weighted by Crippen LogP contribution is -2.07. The fraction of sp³-hybridized carbons (Fsp3) is 0.133. The summed E-state index contributed by atoms with van der Waals surface area (Å²) in [5.41, 5.74) is 3.04. The van der Waals surface area contributed by atoms with Crippen molar-refractivity contribution in [2.75, 3.05) is 19.0 Å². The summed E-state index contributed by atoms with van der Waals surface area (Å²) in [5.74, 6) is 0.629. The highest BCUT2D eigenvalue weighted by Crippen LogP contribution is 2.27. The first-order chi connectivity index (χ1) is 10.1. The van der Waals surface area contributed by atoms with Gasteiger partial charge in [-0.05, 0) is 30.3 Å². The summed E-state index contributed by atoms with van der Waals surface area (Å²) in [5, 5.41) is 11.0. The van der Waals surface area contributed by atoms with Crippen LogP contribution in [0.15, 0.2) is 42.5 Å². The van der Waals surface area contributed by atoms with Gasteiger partial charge in [0.25, 0.3) is 5.69 Å². The van der Waals surface area contributed by atoms with E-state index >= 15 is 0 Å². The zero-order valence-electron chi connectivity index (χ0n) is 11.7. The predicted octanol–water partition coefficient (Wildman–Crippen LogP) is 3.20. The van der Waals surface area contributed by atoms with E-state index in [0.29, 0.717) is 16.9 Å². The van der Waals surface area contributed by atoms with Gasteiger partial charge in [0, 0.05) is 31.4 Å². The fourth-order valence-electron chi connectivity index (χ4n) is 2.22. The topological polar surface area (TPSA) is 75.1 Å². The maximum Gasteiger partial charge on any atom is 0.297 e. The summed E-state index contributed by atoms with van der Waals surface area (Å²) in [4.78, 5) is 20.1. The van der Waals surface area contributed by atoms with Crippen LogP contribution in [0, 0.1) is 10.1 Å². The molecule has 0 radical (unpaired) electrons. The molecule has 106 valence electrons. The molecule has 21 heavy (non-hydrogen) atoms. The second-order valence-corrected chi connectivity index (χ2v) is 4.96. The molecule has 6 heteroatoms. The number of nitro groups is 1. The Balaban J connectivity index is 2.09. The molecule has 0 fully saturated rings. The van der Waals surface area contributed by atoms with Crippen molar-refractivity contribution in [3.05, 3.63) is 52.6 Å². The van der Waals surface area contributed by atoms with E-state index in [1.165, 1.54) is 6.07 Å². The molecule has 3 rings (SSSR count). The average molecular weight is 282 g/mol. The number of benzene rings is 2. The Bertz CT molecular complexity index is 806. The molecule has 1 aromatic heterocycles. The van der Waals surface area contributed by atoms with Crippen molar-refractivity contribution in [3.63, 3.8) is 0 Å². The van der Waals surface area contributed by atoms with Crippen molar-refractivity contribution >= 4 is 22.4 Å². The molecule has 0 atom stereocenters. The summed E-state index contributed by atoms with van der Waals surface area (Å²) in [7, 11) is 3.94. The van der Waals surface area contributed by atoms with Crippen LogP contribution in [-0.2, 0) is 0 Å². The van der Waals surface area contributed by atoms with Crippen LogP contribution in [0.3, 0.4) is 0 Å².